The number of carbonyl (C=O) groups is 2. The van der Waals surface area contributed by atoms with Crippen LogP contribution in [0.5, 0.6) is 0 Å². The van der Waals surface area contributed by atoms with E-state index in [0.29, 0.717) is 5.13 Å². The number of carbonyl (C=O) groups excluding carboxylic acids is 2. The standard InChI is InChI=1S/C9H12N2O2S/c1-6(12)3-4-8(13)11-9-10-5-7(2)14-9/h5H,3-4H2,1-2H3,(H,10,11,13). The maximum Gasteiger partial charge on any atom is 0.226 e. The van der Waals surface area contributed by atoms with Gasteiger partial charge in [-0.2, -0.15) is 0 Å². The summed E-state index contributed by atoms with van der Waals surface area (Å²) >= 11 is 1.42. The van der Waals surface area contributed by atoms with E-state index in [9.17, 15) is 9.59 Å². The first-order valence-electron chi connectivity index (χ1n) is 4.29. The van der Waals surface area contributed by atoms with Crippen LogP contribution in [-0.4, -0.2) is 16.7 Å². The fourth-order valence-corrected chi connectivity index (χ4v) is 1.56. The number of ketones is 1. The van der Waals surface area contributed by atoms with Crippen molar-refractivity contribution < 1.29 is 9.59 Å². The van der Waals surface area contributed by atoms with E-state index in [4.69, 9.17) is 0 Å². The summed E-state index contributed by atoms with van der Waals surface area (Å²) in [5.74, 6) is -0.134. The van der Waals surface area contributed by atoms with E-state index in [2.05, 4.69) is 10.3 Å². The molecule has 1 N–H and O–H groups in total. The predicted octanol–water partition coefficient (Wildman–Crippen LogP) is 1.76. The predicted molar refractivity (Wildman–Crippen MR) is 55.4 cm³/mol. The Morgan fingerprint density at radius 2 is 2.21 bits per heavy atom. The van der Waals surface area contributed by atoms with Crippen LogP contribution in [0, 0.1) is 6.92 Å². The highest BCUT2D eigenvalue weighted by Gasteiger charge is 2.06. The number of hydrogen-bond donors (Lipinski definition) is 1. The lowest BCUT2D eigenvalue weighted by atomic mass is 10.2. The van der Waals surface area contributed by atoms with Crippen molar-refractivity contribution >= 4 is 28.2 Å². The second kappa shape index (κ2) is 4.85. The molecule has 0 saturated carbocycles. The van der Waals surface area contributed by atoms with Crippen molar-refractivity contribution in [3.63, 3.8) is 0 Å². The van der Waals surface area contributed by atoms with E-state index in [1.54, 1.807) is 6.20 Å². The van der Waals surface area contributed by atoms with Crippen LogP contribution in [0.4, 0.5) is 5.13 Å². The highest BCUT2D eigenvalue weighted by molar-refractivity contribution is 7.15. The summed E-state index contributed by atoms with van der Waals surface area (Å²) in [7, 11) is 0. The molecule has 0 spiro atoms. The van der Waals surface area contributed by atoms with Crippen molar-refractivity contribution in [3.05, 3.63) is 11.1 Å². The largest absolute Gasteiger partial charge is 0.302 e. The molecule has 0 aliphatic heterocycles. The molecule has 76 valence electrons. The number of rotatable bonds is 4. The Balaban J connectivity index is 2.37. The van der Waals surface area contributed by atoms with Gasteiger partial charge in [0, 0.05) is 23.9 Å². The number of aryl methyl sites for hydroxylation is 1. The van der Waals surface area contributed by atoms with Crippen LogP contribution in [0.3, 0.4) is 0 Å². The van der Waals surface area contributed by atoms with Crippen LogP contribution in [0.25, 0.3) is 0 Å². The zero-order chi connectivity index (χ0) is 10.6. The van der Waals surface area contributed by atoms with Gasteiger partial charge in [-0.25, -0.2) is 4.98 Å². The molecule has 0 aliphatic rings. The minimum atomic E-state index is -0.158. The van der Waals surface area contributed by atoms with E-state index in [-0.39, 0.29) is 24.5 Å². The van der Waals surface area contributed by atoms with Crippen molar-refractivity contribution in [1.29, 1.82) is 0 Å². The Morgan fingerprint density at radius 1 is 1.50 bits per heavy atom. The van der Waals surface area contributed by atoms with E-state index in [1.807, 2.05) is 6.92 Å². The number of amides is 1. The first kappa shape index (κ1) is 10.8. The molecule has 5 heteroatoms. The van der Waals surface area contributed by atoms with Gasteiger partial charge in [0.2, 0.25) is 5.91 Å². The first-order chi connectivity index (χ1) is 6.58. The Hall–Kier alpha value is -1.23. The third-order valence-corrected chi connectivity index (χ3v) is 2.40. The summed E-state index contributed by atoms with van der Waals surface area (Å²) in [6.45, 7) is 3.39. The van der Waals surface area contributed by atoms with Crippen LogP contribution in [0.2, 0.25) is 0 Å². The molecular formula is C9H12N2O2S. The van der Waals surface area contributed by atoms with Crippen molar-refractivity contribution in [3.8, 4) is 0 Å². The highest BCUT2D eigenvalue weighted by Crippen LogP contribution is 2.16. The molecule has 1 amide bonds. The van der Waals surface area contributed by atoms with Gasteiger partial charge in [0.25, 0.3) is 0 Å². The number of nitrogens with zero attached hydrogens (tertiary/aromatic N) is 1. The minimum Gasteiger partial charge on any atom is -0.302 e. The zero-order valence-corrected chi connectivity index (χ0v) is 8.98. The Bertz CT molecular complexity index is 346. The number of aromatic nitrogens is 1. The summed E-state index contributed by atoms with van der Waals surface area (Å²) in [6, 6.07) is 0. The van der Waals surface area contributed by atoms with E-state index < -0.39 is 0 Å². The number of hydrogen-bond acceptors (Lipinski definition) is 4. The quantitative estimate of drug-likeness (QED) is 0.827. The van der Waals surface area contributed by atoms with Gasteiger partial charge in [0.05, 0.1) is 0 Å². The van der Waals surface area contributed by atoms with Gasteiger partial charge in [0.1, 0.15) is 5.78 Å². The number of thiazole rings is 1. The Kier molecular flexibility index (Phi) is 3.76. The SMILES string of the molecule is CC(=O)CCC(=O)Nc1ncc(C)s1. The summed E-state index contributed by atoms with van der Waals surface area (Å²) in [5, 5.41) is 3.23. The van der Waals surface area contributed by atoms with Crippen LogP contribution in [0.1, 0.15) is 24.6 Å². The highest BCUT2D eigenvalue weighted by atomic mass is 32.1. The normalized spacial score (nSPS) is 9.86. The van der Waals surface area contributed by atoms with Crippen molar-refractivity contribution in [2.24, 2.45) is 0 Å². The van der Waals surface area contributed by atoms with E-state index >= 15 is 0 Å². The van der Waals surface area contributed by atoms with Crippen LogP contribution in [0.15, 0.2) is 6.20 Å². The fraction of sp³-hybridized carbons (Fsp3) is 0.444. The summed E-state index contributed by atoms with van der Waals surface area (Å²) in [6.07, 6.45) is 2.22. The molecule has 1 aromatic heterocycles. The van der Waals surface area contributed by atoms with Gasteiger partial charge >= 0.3 is 0 Å². The van der Waals surface area contributed by atoms with E-state index in [1.165, 1.54) is 18.3 Å². The van der Waals surface area contributed by atoms with Crippen LogP contribution >= 0.6 is 11.3 Å². The smallest absolute Gasteiger partial charge is 0.226 e. The second-order valence-corrected chi connectivity index (χ2v) is 4.26. The second-order valence-electron chi connectivity index (χ2n) is 3.03. The van der Waals surface area contributed by atoms with Crippen molar-refractivity contribution in [1.82, 2.24) is 4.98 Å². The van der Waals surface area contributed by atoms with Gasteiger partial charge in [-0.05, 0) is 13.8 Å². The number of Topliss-reactive ketones (excluding diaryl/α,β-unsaturated/α-hetero) is 1. The Labute approximate surface area is 86.4 Å². The molecule has 1 rings (SSSR count). The van der Waals surface area contributed by atoms with Gasteiger partial charge in [-0.3, -0.25) is 4.79 Å². The minimum absolute atomic E-state index is 0.0236. The summed E-state index contributed by atoms with van der Waals surface area (Å²) < 4.78 is 0. The van der Waals surface area contributed by atoms with Crippen molar-refractivity contribution in [2.45, 2.75) is 26.7 Å². The van der Waals surface area contributed by atoms with Gasteiger partial charge < -0.3 is 10.1 Å². The molecule has 4 nitrogen and oxygen atoms in total. The summed E-state index contributed by atoms with van der Waals surface area (Å²) in [4.78, 5) is 26.9. The molecule has 0 saturated heterocycles. The van der Waals surface area contributed by atoms with Crippen LogP contribution in [-0.2, 0) is 9.59 Å². The monoisotopic (exact) mass is 212 g/mol. The lowest BCUT2D eigenvalue weighted by molar-refractivity contribution is -0.121. The average Bonchev–Trinajstić information content (AvgIpc) is 2.48. The summed E-state index contributed by atoms with van der Waals surface area (Å²) in [5.41, 5.74) is 0. The number of nitrogens with one attached hydrogen (secondary N) is 1. The molecule has 0 bridgehead atoms. The Morgan fingerprint density at radius 3 is 2.71 bits per heavy atom. The lowest BCUT2D eigenvalue weighted by Crippen LogP contribution is -2.12. The molecular weight excluding hydrogens is 200 g/mol. The molecule has 1 aromatic rings. The van der Waals surface area contributed by atoms with Gasteiger partial charge in [0.15, 0.2) is 5.13 Å². The molecule has 14 heavy (non-hydrogen) atoms. The number of anilines is 1. The van der Waals surface area contributed by atoms with Crippen molar-refractivity contribution in [2.75, 3.05) is 5.32 Å². The average molecular weight is 212 g/mol. The van der Waals surface area contributed by atoms with Gasteiger partial charge in [-0.15, -0.1) is 11.3 Å². The molecule has 0 atom stereocenters. The maximum atomic E-state index is 11.2. The lowest BCUT2D eigenvalue weighted by Gasteiger charge is -1.98. The zero-order valence-electron chi connectivity index (χ0n) is 8.16. The van der Waals surface area contributed by atoms with Crippen LogP contribution < -0.4 is 5.32 Å². The van der Waals surface area contributed by atoms with Gasteiger partial charge in [-0.1, -0.05) is 0 Å². The molecule has 0 aliphatic carbocycles. The first-order valence-corrected chi connectivity index (χ1v) is 5.11. The van der Waals surface area contributed by atoms with E-state index in [0.717, 1.165) is 4.88 Å². The molecule has 0 fully saturated rings. The molecule has 0 aromatic carbocycles. The topological polar surface area (TPSA) is 59.1 Å². The fourth-order valence-electron chi connectivity index (χ4n) is 0.884. The maximum absolute atomic E-state index is 11.2. The molecule has 0 radical (unpaired) electrons. The molecule has 0 unspecified atom stereocenters. The molecule has 1 heterocycles. The third kappa shape index (κ3) is 3.66. The third-order valence-electron chi connectivity index (χ3n) is 1.57.